The molecule has 0 saturated carbocycles. The van der Waals surface area contributed by atoms with Crippen LogP contribution in [0.3, 0.4) is 0 Å². The zero-order valence-corrected chi connectivity index (χ0v) is 17.2. The number of hydrogen-bond acceptors (Lipinski definition) is 5. The minimum absolute atomic E-state index is 0.169. The van der Waals surface area contributed by atoms with E-state index in [1.165, 1.54) is 4.31 Å². The number of nitrogens with one attached hydrogen (secondary N) is 1. The van der Waals surface area contributed by atoms with Gasteiger partial charge in [0.2, 0.25) is 15.9 Å². The van der Waals surface area contributed by atoms with Crippen molar-refractivity contribution in [2.24, 2.45) is 0 Å². The van der Waals surface area contributed by atoms with Gasteiger partial charge in [-0.25, -0.2) is 8.42 Å². The van der Waals surface area contributed by atoms with E-state index in [0.717, 1.165) is 11.8 Å². The van der Waals surface area contributed by atoms with Gasteiger partial charge in [-0.1, -0.05) is 12.1 Å². The smallest absolute Gasteiger partial charge is 0.232 e. The number of anilines is 2. The number of methoxy groups -OCH3 is 2. The van der Waals surface area contributed by atoms with Crippen molar-refractivity contribution in [1.29, 1.82) is 0 Å². The van der Waals surface area contributed by atoms with Crippen LogP contribution >= 0.6 is 0 Å². The van der Waals surface area contributed by atoms with E-state index in [1.807, 2.05) is 18.2 Å². The van der Waals surface area contributed by atoms with Crippen LogP contribution in [0, 0.1) is 0 Å². The van der Waals surface area contributed by atoms with Crippen LogP contribution in [-0.2, 0) is 26.2 Å². The van der Waals surface area contributed by atoms with Gasteiger partial charge >= 0.3 is 0 Å². The molecular formula is C20H26N2O5S. The quantitative estimate of drug-likeness (QED) is 0.656. The fraction of sp³-hybridized carbons (Fsp3) is 0.350. The highest BCUT2D eigenvalue weighted by Gasteiger charge is 2.17. The molecule has 0 bridgehead atoms. The van der Waals surface area contributed by atoms with E-state index in [2.05, 4.69) is 5.32 Å². The van der Waals surface area contributed by atoms with E-state index < -0.39 is 10.0 Å². The monoisotopic (exact) mass is 406 g/mol. The Labute approximate surface area is 166 Å². The first-order valence-corrected chi connectivity index (χ1v) is 10.7. The molecule has 152 valence electrons. The average molecular weight is 407 g/mol. The first-order chi connectivity index (χ1) is 13.3. The highest BCUT2D eigenvalue weighted by molar-refractivity contribution is 7.92. The van der Waals surface area contributed by atoms with Gasteiger partial charge in [-0.3, -0.25) is 9.10 Å². The second kappa shape index (κ2) is 10.1. The van der Waals surface area contributed by atoms with Crippen molar-refractivity contribution in [2.45, 2.75) is 19.4 Å². The van der Waals surface area contributed by atoms with Gasteiger partial charge in [0.15, 0.2) is 0 Å². The van der Waals surface area contributed by atoms with E-state index in [-0.39, 0.29) is 18.9 Å². The fourth-order valence-corrected chi connectivity index (χ4v) is 3.71. The molecule has 0 saturated heterocycles. The Balaban J connectivity index is 1.94. The number of carbonyl (C=O) groups is 1. The van der Waals surface area contributed by atoms with E-state index in [0.29, 0.717) is 30.2 Å². The minimum atomic E-state index is -3.46. The molecule has 2 rings (SSSR count). The maximum atomic E-state index is 12.2. The Kier molecular flexibility index (Phi) is 7.83. The van der Waals surface area contributed by atoms with Crippen molar-refractivity contribution in [3.8, 4) is 5.75 Å². The molecule has 0 aliphatic heterocycles. The maximum Gasteiger partial charge on any atom is 0.232 e. The zero-order valence-electron chi connectivity index (χ0n) is 16.3. The van der Waals surface area contributed by atoms with E-state index >= 15 is 0 Å². The minimum Gasteiger partial charge on any atom is -0.497 e. The van der Waals surface area contributed by atoms with Crippen molar-refractivity contribution in [2.75, 3.05) is 36.6 Å². The molecule has 0 fully saturated rings. The third-order valence-electron chi connectivity index (χ3n) is 4.05. The summed E-state index contributed by atoms with van der Waals surface area (Å²) in [5.74, 6) is 0.477. The molecule has 0 atom stereocenters. The van der Waals surface area contributed by atoms with Crippen LogP contribution in [-0.4, -0.2) is 41.3 Å². The lowest BCUT2D eigenvalue weighted by atomic mass is 10.2. The Morgan fingerprint density at radius 3 is 2.43 bits per heavy atom. The summed E-state index contributed by atoms with van der Waals surface area (Å²) >= 11 is 0. The molecule has 0 spiro atoms. The SMILES string of the molecule is COCc1cccc(NC(=O)CCCN(c2ccc(OC)cc2)S(C)(=O)=O)c1. The first-order valence-electron chi connectivity index (χ1n) is 8.83. The average Bonchev–Trinajstić information content (AvgIpc) is 2.65. The third kappa shape index (κ3) is 6.54. The van der Waals surface area contributed by atoms with Crippen LogP contribution in [0.25, 0.3) is 0 Å². The van der Waals surface area contributed by atoms with Gasteiger partial charge in [0.25, 0.3) is 0 Å². The number of rotatable bonds is 10. The van der Waals surface area contributed by atoms with E-state index in [4.69, 9.17) is 9.47 Å². The standard InChI is InChI=1S/C20H26N2O5S/c1-26-15-16-6-4-7-17(14-16)21-20(23)8-5-13-22(28(3,24)25)18-9-11-19(27-2)12-10-18/h4,6-7,9-12,14H,5,8,13,15H2,1-3H3,(H,21,23). The van der Waals surface area contributed by atoms with Crippen LogP contribution in [0.2, 0.25) is 0 Å². The lowest BCUT2D eigenvalue weighted by Gasteiger charge is -2.22. The fourth-order valence-electron chi connectivity index (χ4n) is 2.75. The van der Waals surface area contributed by atoms with E-state index in [1.54, 1.807) is 44.6 Å². The summed E-state index contributed by atoms with van der Waals surface area (Å²) in [4.78, 5) is 12.2. The van der Waals surface area contributed by atoms with Gasteiger partial charge < -0.3 is 14.8 Å². The molecule has 0 aromatic heterocycles. The van der Waals surface area contributed by atoms with Gasteiger partial charge in [-0.05, 0) is 48.4 Å². The largest absolute Gasteiger partial charge is 0.497 e. The molecule has 8 heteroatoms. The Morgan fingerprint density at radius 1 is 1.11 bits per heavy atom. The molecule has 2 aromatic carbocycles. The number of hydrogen-bond donors (Lipinski definition) is 1. The maximum absolute atomic E-state index is 12.2. The molecular weight excluding hydrogens is 380 g/mol. The van der Waals surface area contributed by atoms with Crippen molar-refractivity contribution in [1.82, 2.24) is 0 Å². The molecule has 7 nitrogen and oxygen atoms in total. The molecule has 2 aromatic rings. The number of benzene rings is 2. The Morgan fingerprint density at radius 2 is 1.82 bits per heavy atom. The van der Waals surface area contributed by atoms with Crippen LogP contribution in [0.15, 0.2) is 48.5 Å². The van der Waals surface area contributed by atoms with Crippen molar-refractivity contribution >= 4 is 27.3 Å². The summed E-state index contributed by atoms with van der Waals surface area (Å²) in [6, 6.07) is 14.2. The molecule has 0 aliphatic carbocycles. The number of nitrogens with zero attached hydrogens (tertiary/aromatic N) is 1. The molecule has 0 aliphatic rings. The highest BCUT2D eigenvalue weighted by Crippen LogP contribution is 2.22. The van der Waals surface area contributed by atoms with Crippen LogP contribution in [0.4, 0.5) is 11.4 Å². The topological polar surface area (TPSA) is 84.9 Å². The molecule has 28 heavy (non-hydrogen) atoms. The first kappa shape index (κ1) is 21.7. The zero-order chi connectivity index (χ0) is 20.6. The predicted octanol–water partition coefficient (Wildman–Crippen LogP) is 3.03. The molecule has 0 radical (unpaired) electrons. The molecule has 1 N–H and O–H groups in total. The predicted molar refractivity (Wildman–Crippen MR) is 110 cm³/mol. The van der Waals surface area contributed by atoms with Crippen molar-refractivity contribution in [3.05, 3.63) is 54.1 Å². The summed E-state index contributed by atoms with van der Waals surface area (Å²) in [6.07, 6.45) is 1.75. The van der Waals surface area contributed by atoms with Gasteiger partial charge in [0, 0.05) is 25.8 Å². The van der Waals surface area contributed by atoms with Crippen molar-refractivity contribution < 1.29 is 22.7 Å². The molecule has 1 amide bonds. The highest BCUT2D eigenvalue weighted by atomic mass is 32.2. The number of carbonyl (C=O) groups excluding carboxylic acids is 1. The summed E-state index contributed by atoms with van der Waals surface area (Å²) in [5.41, 5.74) is 2.19. The Bertz CT molecular complexity index is 882. The lowest BCUT2D eigenvalue weighted by molar-refractivity contribution is -0.116. The van der Waals surface area contributed by atoms with Crippen LogP contribution in [0.5, 0.6) is 5.75 Å². The number of sulfonamides is 1. The normalized spacial score (nSPS) is 11.1. The molecule has 0 heterocycles. The molecule has 0 unspecified atom stereocenters. The summed E-state index contributed by atoms with van der Waals surface area (Å²) in [5, 5.41) is 2.83. The Hall–Kier alpha value is -2.58. The second-order valence-corrected chi connectivity index (χ2v) is 8.23. The van der Waals surface area contributed by atoms with E-state index in [9.17, 15) is 13.2 Å². The van der Waals surface area contributed by atoms with Crippen LogP contribution < -0.4 is 14.4 Å². The van der Waals surface area contributed by atoms with Gasteiger partial charge in [-0.15, -0.1) is 0 Å². The second-order valence-electron chi connectivity index (χ2n) is 6.32. The van der Waals surface area contributed by atoms with Gasteiger partial charge in [-0.2, -0.15) is 0 Å². The number of ether oxygens (including phenoxy) is 2. The third-order valence-corrected chi connectivity index (χ3v) is 5.24. The van der Waals surface area contributed by atoms with Crippen LogP contribution in [0.1, 0.15) is 18.4 Å². The summed E-state index contributed by atoms with van der Waals surface area (Å²) < 4.78 is 35.7. The van der Waals surface area contributed by atoms with Gasteiger partial charge in [0.05, 0.1) is 25.7 Å². The summed E-state index contributed by atoms with van der Waals surface area (Å²) in [7, 11) is -0.298. The number of amides is 1. The van der Waals surface area contributed by atoms with Crippen molar-refractivity contribution in [3.63, 3.8) is 0 Å². The lowest BCUT2D eigenvalue weighted by Crippen LogP contribution is -2.31. The summed E-state index contributed by atoms with van der Waals surface area (Å²) in [6.45, 7) is 0.678. The van der Waals surface area contributed by atoms with Gasteiger partial charge in [0.1, 0.15) is 5.75 Å².